The summed E-state index contributed by atoms with van der Waals surface area (Å²) < 4.78 is 11.7. The van der Waals surface area contributed by atoms with Gasteiger partial charge in [-0.05, 0) is 24.6 Å². The minimum atomic E-state index is -0.980. The number of benzene rings is 1. The Morgan fingerprint density at radius 2 is 2.15 bits per heavy atom. The average molecular weight is 222 g/mol. The van der Waals surface area contributed by atoms with Crippen molar-refractivity contribution >= 4 is 23.2 Å². The molecule has 0 aliphatic heterocycles. The van der Waals surface area contributed by atoms with Gasteiger partial charge in [-0.2, -0.15) is 0 Å². The molecule has 4 heteroatoms. The van der Waals surface area contributed by atoms with Gasteiger partial charge < -0.3 is 0 Å². The van der Waals surface area contributed by atoms with Crippen LogP contribution in [0.15, 0.2) is 24.3 Å². The van der Waals surface area contributed by atoms with Crippen molar-refractivity contribution in [2.45, 2.75) is 17.9 Å². The summed E-state index contributed by atoms with van der Waals surface area (Å²) in [5, 5.41) is 2.83. The van der Waals surface area contributed by atoms with Gasteiger partial charge in [-0.15, -0.1) is 0 Å². The monoisotopic (exact) mass is 221 g/mol. The summed E-state index contributed by atoms with van der Waals surface area (Å²) in [4.78, 5) is 0. The molecule has 0 radical (unpaired) electrons. The number of hydrogen-bond donors (Lipinski definition) is 1. The zero-order valence-electron chi connectivity index (χ0n) is 7.15. The zero-order chi connectivity index (χ0) is 9.90. The Kier molecular flexibility index (Phi) is 3.54. The van der Waals surface area contributed by atoms with Crippen LogP contribution in [-0.4, -0.2) is 4.46 Å². The van der Waals surface area contributed by atoms with Crippen molar-refractivity contribution in [3.05, 3.63) is 35.6 Å². The molecule has 0 aromatic heterocycles. The van der Waals surface area contributed by atoms with Crippen molar-refractivity contribution in [3.8, 4) is 0 Å². The zero-order valence-corrected chi connectivity index (χ0v) is 8.66. The molecule has 0 aliphatic rings. The fraction of sp³-hybridized carbons (Fsp3) is 0.333. The lowest BCUT2D eigenvalue weighted by molar-refractivity contribution is 0.608. The molecule has 13 heavy (non-hydrogen) atoms. The first-order chi connectivity index (χ1) is 5.97. The number of halogens is 3. The van der Waals surface area contributed by atoms with Crippen LogP contribution in [0.25, 0.3) is 0 Å². The lowest BCUT2D eigenvalue weighted by Gasteiger charge is -2.15. The van der Waals surface area contributed by atoms with Crippen LogP contribution in [0.3, 0.4) is 0 Å². The van der Waals surface area contributed by atoms with Crippen LogP contribution in [0.4, 0.5) is 4.39 Å². The third-order valence-corrected chi connectivity index (χ3v) is 1.76. The highest BCUT2D eigenvalue weighted by molar-refractivity contribution is 6.47. The van der Waals surface area contributed by atoms with E-state index in [2.05, 4.69) is 5.32 Å². The number of alkyl halides is 2. The molecule has 0 atom stereocenters. The molecule has 0 unspecified atom stereocenters. The summed E-state index contributed by atoms with van der Waals surface area (Å²) in [5.41, 5.74) is 0.813. The van der Waals surface area contributed by atoms with Crippen molar-refractivity contribution in [3.63, 3.8) is 0 Å². The molecule has 0 amide bonds. The van der Waals surface area contributed by atoms with Crippen LogP contribution >= 0.6 is 23.2 Å². The van der Waals surface area contributed by atoms with E-state index in [1.807, 2.05) is 0 Å². The lowest BCUT2D eigenvalue weighted by Crippen LogP contribution is -2.29. The van der Waals surface area contributed by atoms with Crippen molar-refractivity contribution in [1.29, 1.82) is 0 Å². The van der Waals surface area contributed by atoms with Crippen LogP contribution in [0.2, 0.25) is 0 Å². The highest BCUT2D eigenvalue weighted by Crippen LogP contribution is 2.16. The second-order valence-electron chi connectivity index (χ2n) is 2.87. The van der Waals surface area contributed by atoms with E-state index in [9.17, 15) is 4.39 Å². The first-order valence-corrected chi connectivity index (χ1v) is 4.60. The van der Waals surface area contributed by atoms with Crippen LogP contribution in [-0.2, 0) is 6.54 Å². The maximum absolute atomic E-state index is 12.7. The van der Waals surface area contributed by atoms with Crippen molar-refractivity contribution in [2.24, 2.45) is 0 Å². The van der Waals surface area contributed by atoms with Crippen molar-refractivity contribution in [2.75, 3.05) is 0 Å². The van der Waals surface area contributed by atoms with Crippen molar-refractivity contribution in [1.82, 2.24) is 5.32 Å². The molecule has 1 nitrogen and oxygen atoms in total. The summed E-state index contributed by atoms with van der Waals surface area (Å²) in [5.74, 6) is -0.259. The highest BCUT2D eigenvalue weighted by Gasteiger charge is 2.14. The standard InChI is InChI=1S/C9H10Cl2FN/c1-9(10,11)13-6-7-3-2-4-8(12)5-7/h2-5,13H,6H2,1H3. The molecule has 0 spiro atoms. The minimum Gasteiger partial charge on any atom is -0.282 e. The van der Waals surface area contributed by atoms with Gasteiger partial charge >= 0.3 is 0 Å². The van der Waals surface area contributed by atoms with Gasteiger partial charge in [0.2, 0.25) is 0 Å². The van der Waals surface area contributed by atoms with Crippen LogP contribution in [0.1, 0.15) is 12.5 Å². The van der Waals surface area contributed by atoms with Gasteiger partial charge in [-0.3, -0.25) is 5.32 Å². The first-order valence-electron chi connectivity index (χ1n) is 3.85. The topological polar surface area (TPSA) is 12.0 Å². The van der Waals surface area contributed by atoms with Gasteiger partial charge in [-0.25, -0.2) is 4.39 Å². The van der Waals surface area contributed by atoms with Gasteiger partial charge in [0.05, 0.1) is 0 Å². The first kappa shape index (κ1) is 10.8. The summed E-state index contributed by atoms with van der Waals surface area (Å²) in [6.07, 6.45) is 0. The molecular formula is C9H10Cl2FN. The van der Waals surface area contributed by atoms with E-state index in [0.717, 1.165) is 5.56 Å². The van der Waals surface area contributed by atoms with Crippen LogP contribution in [0.5, 0.6) is 0 Å². The van der Waals surface area contributed by atoms with Crippen LogP contribution < -0.4 is 5.32 Å². The molecule has 0 heterocycles. The normalized spacial score (nSPS) is 11.7. The quantitative estimate of drug-likeness (QED) is 0.612. The molecule has 0 bridgehead atoms. The average Bonchev–Trinajstić information content (AvgIpc) is 2.00. The fourth-order valence-electron chi connectivity index (χ4n) is 0.904. The maximum Gasteiger partial charge on any atom is 0.166 e. The van der Waals surface area contributed by atoms with E-state index >= 15 is 0 Å². The number of nitrogens with one attached hydrogen (secondary N) is 1. The van der Waals surface area contributed by atoms with Gasteiger partial charge in [0.25, 0.3) is 0 Å². The molecule has 0 saturated heterocycles. The Morgan fingerprint density at radius 3 is 2.69 bits per heavy atom. The van der Waals surface area contributed by atoms with Crippen LogP contribution in [0, 0.1) is 5.82 Å². The molecule has 1 aromatic rings. The Morgan fingerprint density at radius 1 is 1.46 bits per heavy atom. The summed E-state index contributed by atoms with van der Waals surface area (Å²) in [7, 11) is 0. The molecular weight excluding hydrogens is 212 g/mol. The second-order valence-corrected chi connectivity index (χ2v) is 4.58. The van der Waals surface area contributed by atoms with E-state index in [0.29, 0.717) is 6.54 Å². The number of hydrogen-bond acceptors (Lipinski definition) is 1. The predicted octanol–water partition coefficient (Wildman–Crippen LogP) is 3.07. The minimum absolute atomic E-state index is 0.259. The van der Waals surface area contributed by atoms with Gasteiger partial charge in [0.15, 0.2) is 4.46 Å². The Hall–Kier alpha value is -0.310. The van der Waals surface area contributed by atoms with Crippen molar-refractivity contribution < 1.29 is 4.39 Å². The third kappa shape index (κ3) is 4.46. The van der Waals surface area contributed by atoms with E-state index in [1.54, 1.807) is 19.1 Å². The summed E-state index contributed by atoms with van der Waals surface area (Å²) >= 11 is 11.4. The van der Waals surface area contributed by atoms with Gasteiger partial charge in [-0.1, -0.05) is 35.3 Å². The Bertz CT molecular complexity index is 283. The highest BCUT2D eigenvalue weighted by atomic mass is 35.5. The molecule has 0 fully saturated rings. The van der Waals surface area contributed by atoms with Gasteiger partial charge in [0.1, 0.15) is 5.82 Å². The molecule has 1 N–H and O–H groups in total. The molecule has 1 rings (SSSR count). The van der Waals surface area contributed by atoms with E-state index in [4.69, 9.17) is 23.2 Å². The maximum atomic E-state index is 12.7. The van der Waals surface area contributed by atoms with E-state index in [-0.39, 0.29) is 5.82 Å². The Balaban J connectivity index is 2.55. The predicted molar refractivity (Wildman–Crippen MR) is 53.4 cm³/mol. The smallest absolute Gasteiger partial charge is 0.166 e. The SMILES string of the molecule is CC(Cl)(Cl)NCc1cccc(F)c1. The second kappa shape index (κ2) is 4.27. The van der Waals surface area contributed by atoms with Gasteiger partial charge in [0, 0.05) is 6.54 Å². The molecule has 72 valence electrons. The largest absolute Gasteiger partial charge is 0.282 e. The third-order valence-electron chi connectivity index (χ3n) is 1.49. The molecule has 1 aromatic carbocycles. The summed E-state index contributed by atoms with van der Waals surface area (Å²) in [6.45, 7) is 2.07. The van der Waals surface area contributed by atoms with E-state index < -0.39 is 4.46 Å². The lowest BCUT2D eigenvalue weighted by atomic mass is 10.2. The molecule has 0 aliphatic carbocycles. The Labute approximate surface area is 86.8 Å². The number of rotatable bonds is 3. The van der Waals surface area contributed by atoms with E-state index in [1.165, 1.54) is 12.1 Å². The fourth-order valence-corrected chi connectivity index (χ4v) is 1.04. The summed E-state index contributed by atoms with van der Waals surface area (Å²) in [6, 6.07) is 6.28. The molecule has 0 saturated carbocycles.